The SMILES string of the molecule is C=CC(=O)[SH](C)CC1CSC(C[SH](C)C(=O)C=C)CS1. The van der Waals surface area contributed by atoms with Gasteiger partial charge in [-0.1, -0.05) is 13.2 Å². The first-order chi connectivity index (χ1) is 9.47. The van der Waals surface area contributed by atoms with Gasteiger partial charge in [0.2, 0.25) is 0 Å². The molecule has 1 aliphatic rings. The quantitative estimate of drug-likeness (QED) is 0.569. The summed E-state index contributed by atoms with van der Waals surface area (Å²) in [6.07, 6.45) is 7.01. The van der Waals surface area contributed by atoms with Crippen molar-refractivity contribution in [1.29, 1.82) is 0 Å². The monoisotopic (exact) mass is 352 g/mol. The number of thioether (sulfide) groups is 2. The molecule has 0 bridgehead atoms. The van der Waals surface area contributed by atoms with Crippen molar-refractivity contribution in [3.8, 4) is 0 Å². The van der Waals surface area contributed by atoms with Crippen LogP contribution >= 0.6 is 45.3 Å². The predicted molar refractivity (Wildman–Crippen MR) is 102 cm³/mol. The van der Waals surface area contributed by atoms with Gasteiger partial charge in [0.15, 0.2) is 10.2 Å². The van der Waals surface area contributed by atoms with E-state index in [9.17, 15) is 9.59 Å². The number of carbonyl (C=O) groups is 2. The summed E-state index contributed by atoms with van der Waals surface area (Å²) >= 11 is 3.94. The molecule has 0 amide bonds. The molecule has 1 fully saturated rings. The van der Waals surface area contributed by atoms with Gasteiger partial charge in [-0.05, 0) is 36.2 Å². The Labute approximate surface area is 136 Å². The van der Waals surface area contributed by atoms with Gasteiger partial charge in [0, 0.05) is 22.0 Å². The smallest absolute Gasteiger partial charge is 0.191 e. The second kappa shape index (κ2) is 9.28. The number of hydrogen-bond acceptors (Lipinski definition) is 4. The average molecular weight is 353 g/mol. The molecule has 2 nitrogen and oxygen atoms in total. The minimum atomic E-state index is -0.563. The second-order valence-corrected chi connectivity index (χ2v) is 11.8. The highest BCUT2D eigenvalue weighted by molar-refractivity contribution is 8.30. The highest BCUT2D eigenvalue weighted by Gasteiger charge is 2.25. The van der Waals surface area contributed by atoms with Crippen LogP contribution in [0.15, 0.2) is 25.3 Å². The number of rotatable bonds is 6. The van der Waals surface area contributed by atoms with E-state index in [-0.39, 0.29) is 10.2 Å². The van der Waals surface area contributed by atoms with Crippen molar-refractivity contribution in [3.05, 3.63) is 25.3 Å². The van der Waals surface area contributed by atoms with Gasteiger partial charge in [-0.25, -0.2) is 0 Å². The summed E-state index contributed by atoms with van der Waals surface area (Å²) < 4.78 is 0. The number of carbonyl (C=O) groups excluding carboxylic acids is 2. The van der Waals surface area contributed by atoms with Gasteiger partial charge in [-0.15, -0.1) is 0 Å². The molecule has 116 valence electrons. The molecule has 1 heterocycles. The fourth-order valence-electron chi connectivity index (χ4n) is 1.90. The minimum absolute atomic E-state index is 0.210. The molecule has 1 aliphatic heterocycles. The summed E-state index contributed by atoms with van der Waals surface area (Å²) in [6, 6.07) is 0. The highest BCUT2D eigenvalue weighted by atomic mass is 32.2. The van der Waals surface area contributed by atoms with Crippen LogP contribution in [-0.4, -0.2) is 56.3 Å². The van der Waals surface area contributed by atoms with E-state index in [2.05, 4.69) is 13.2 Å². The third-order valence-corrected chi connectivity index (χ3v) is 10.7. The average Bonchev–Trinajstić information content (AvgIpc) is 2.47. The Morgan fingerprint density at radius 2 is 1.35 bits per heavy atom. The minimum Gasteiger partial charge on any atom is -0.284 e. The summed E-state index contributed by atoms with van der Waals surface area (Å²) in [5, 5.41) is 1.58. The first kappa shape index (κ1) is 18.3. The predicted octanol–water partition coefficient (Wildman–Crippen LogP) is 2.89. The van der Waals surface area contributed by atoms with Crippen LogP contribution in [0.2, 0.25) is 0 Å². The lowest BCUT2D eigenvalue weighted by Gasteiger charge is -2.31. The van der Waals surface area contributed by atoms with E-state index in [0.717, 1.165) is 23.0 Å². The molecule has 0 aliphatic carbocycles. The van der Waals surface area contributed by atoms with Crippen LogP contribution in [0.4, 0.5) is 0 Å². The Morgan fingerprint density at radius 3 is 1.60 bits per heavy atom. The Bertz CT molecular complexity index is 339. The Kier molecular flexibility index (Phi) is 8.48. The van der Waals surface area contributed by atoms with Gasteiger partial charge in [0.05, 0.1) is 0 Å². The molecule has 1 rings (SSSR count). The second-order valence-electron chi connectivity index (χ2n) is 4.76. The van der Waals surface area contributed by atoms with Crippen LogP contribution in [-0.2, 0) is 9.59 Å². The van der Waals surface area contributed by atoms with Crippen LogP contribution in [0, 0.1) is 0 Å². The van der Waals surface area contributed by atoms with Crippen molar-refractivity contribution in [2.24, 2.45) is 0 Å². The molecule has 4 atom stereocenters. The maximum Gasteiger partial charge on any atom is 0.191 e. The molecule has 0 spiro atoms. The maximum atomic E-state index is 11.6. The molecule has 0 aromatic heterocycles. The fourth-order valence-corrected chi connectivity index (χ4v) is 9.34. The van der Waals surface area contributed by atoms with E-state index in [1.807, 2.05) is 36.0 Å². The molecule has 6 heteroatoms. The topological polar surface area (TPSA) is 34.1 Å². The molecule has 0 aromatic rings. The molecule has 0 radical (unpaired) electrons. The number of thiol groups is 2. The van der Waals surface area contributed by atoms with Crippen LogP contribution in [0.25, 0.3) is 0 Å². The standard InChI is InChI=1S/C14H24O2S4/c1-5-13(15)19(3)9-11-7-18-12(8-17-11)10-20(4)14(16)6-2/h5-6,11-12,19-20H,1-2,7-10H2,3-4H3. The van der Waals surface area contributed by atoms with Gasteiger partial charge >= 0.3 is 0 Å². The molecule has 0 N–H and O–H groups in total. The van der Waals surface area contributed by atoms with Crippen molar-refractivity contribution in [2.75, 3.05) is 35.5 Å². The van der Waals surface area contributed by atoms with Gasteiger partial charge in [0.1, 0.15) is 0 Å². The lowest BCUT2D eigenvalue weighted by Crippen LogP contribution is -2.27. The molecule has 0 aromatic carbocycles. The third kappa shape index (κ3) is 5.92. The molecule has 0 saturated carbocycles. The summed E-state index contributed by atoms with van der Waals surface area (Å²) in [7, 11) is -1.13. The van der Waals surface area contributed by atoms with E-state index in [4.69, 9.17) is 0 Å². The maximum absolute atomic E-state index is 11.6. The van der Waals surface area contributed by atoms with E-state index in [1.165, 1.54) is 12.2 Å². The zero-order valence-electron chi connectivity index (χ0n) is 12.1. The summed E-state index contributed by atoms with van der Waals surface area (Å²) in [4.78, 5) is 23.1. The van der Waals surface area contributed by atoms with Crippen LogP contribution in [0.3, 0.4) is 0 Å². The first-order valence-electron chi connectivity index (χ1n) is 6.46. The van der Waals surface area contributed by atoms with E-state index in [1.54, 1.807) is 0 Å². The van der Waals surface area contributed by atoms with Crippen molar-refractivity contribution < 1.29 is 9.59 Å². The molecule has 1 saturated heterocycles. The van der Waals surface area contributed by atoms with Crippen molar-refractivity contribution in [1.82, 2.24) is 0 Å². The lowest BCUT2D eigenvalue weighted by atomic mass is 10.5. The van der Waals surface area contributed by atoms with Crippen LogP contribution in [0.5, 0.6) is 0 Å². The van der Waals surface area contributed by atoms with Crippen molar-refractivity contribution in [3.63, 3.8) is 0 Å². The van der Waals surface area contributed by atoms with Crippen molar-refractivity contribution >= 4 is 55.5 Å². The van der Waals surface area contributed by atoms with Gasteiger partial charge < -0.3 is 0 Å². The van der Waals surface area contributed by atoms with Crippen molar-refractivity contribution in [2.45, 2.75) is 10.5 Å². The van der Waals surface area contributed by atoms with Crippen LogP contribution in [0.1, 0.15) is 0 Å². The Morgan fingerprint density at radius 1 is 1.00 bits per heavy atom. The Balaban J connectivity index is 2.33. The Hall–Kier alpha value is 0.220. The normalized spacial score (nSPS) is 27.3. The van der Waals surface area contributed by atoms with E-state index < -0.39 is 21.8 Å². The van der Waals surface area contributed by atoms with Crippen LogP contribution < -0.4 is 0 Å². The molecular weight excluding hydrogens is 328 g/mol. The highest BCUT2D eigenvalue weighted by Crippen LogP contribution is 2.38. The number of hydrogen-bond donors (Lipinski definition) is 2. The van der Waals surface area contributed by atoms with Gasteiger partial charge in [-0.3, -0.25) is 9.59 Å². The summed E-state index contributed by atoms with van der Waals surface area (Å²) in [5.41, 5.74) is 0. The first-order valence-corrected chi connectivity index (χ1v) is 12.5. The summed E-state index contributed by atoms with van der Waals surface area (Å²) in [6.45, 7) is 7.12. The summed E-state index contributed by atoms with van der Waals surface area (Å²) in [5.74, 6) is 4.18. The molecular formula is C14H24O2S4. The largest absolute Gasteiger partial charge is 0.284 e. The molecule has 4 unspecified atom stereocenters. The zero-order chi connectivity index (χ0) is 15.1. The van der Waals surface area contributed by atoms with E-state index >= 15 is 0 Å². The van der Waals surface area contributed by atoms with Gasteiger partial charge in [-0.2, -0.15) is 45.3 Å². The van der Waals surface area contributed by atoms with Gasteiger partial charge in [0.25, 0.3) is 0 Å². The third-order valence-electron chi connectivity index (χ3n) is 3.09. The lowest BCUT2D eigenvalue weighted by molar-refractivity contribution is -0.107. The molecule has 20 heavy (non-hydrogen) atoms. The van der Waals surface area contributed by atoms with E-state index in [0.29, 0.717) is 10.5 Å². The fraction of sp³-hybridized carbons (Fsp3) is 0.571. The zero-order valence-corrected chi connectivity index (χ0v) is 15.5.